The van der Waals surface area contributed by atoms with Crippen LogP contribution in [0.5, 0.6) is 0 Å². The Hall–Kier alpha value is -4.74. The van der Waals surface area contributed by atoms with Gasteiger partial charge in [-0.05, 0) is 69.1 Å². The van der Waals surface area contributed by atoms with Gasteiger partial charge in [0.2, 0.25) is 5.91 Å². The molecule has 42 heavy (non-hydrogen) atoms. The highest BCUT2D eigenvalue weighted by molar-refractivity contribution is 7.17. The van der Waals surface area contributed by atoms with Crippen LogP contribution in [-0.4, -0.2) is 54.9 Å². The smallest absolute Gasteiger partial charge is 0.224 e. The second kappa shape index (κ2) is 10.9. The van der Waals surface area contributed by atoms with Crippen molar-refractivity contribution in [3.63, 3.8) is 0 Å². The zero-order valence-electron chi connectivity index (χ0n) is 22.9. The van der Waals surface area contributed by atoms with E-state index in [9.17, 15) is 9.59 Å². The molecule has 0 atom stereocenters. The zero-order chi connectivity index (χ0) is 28.6. The molecule has 1 saturated heterocycles. The number of nitrogens with one attached hydrogen (secondary N) is 4. The van der Waals surface area contributed by atoms with Gasteiger partial charge in [-0.1, -0.05) is 0 Å². The van der Waals surface area contributed by atoms with E-state index in [0.717, 1.165) is 80.1 Å². The summed E-state index contributed by atoms with van der Waals surface area (Å²) in [5.41, 5.74) is 6.42. The highest BCUT2D eigenvalue weighted by Gasteiger charge is 2.18. The maximum atomic E-state index is 12.7. The molecule has 7 rings (SSSR count). The van der Waals surface area contributed by atoms with E-state index in [1.165, 1.54) is 11.3 Å². The maximum Gasteiger partial charge on any atom is 0.224 e. The number of rotatable bonds is 7. The van der Waals surface area contributed by atoms with Crippen LogP contribution in [-0.2, 0) is 4.79 Å². The predicted molar refractivity (Wildman–Crippen MR) is 164 cm³/mol. The molecule has 0 spiro atoms. The van der Waals surface area contributed by atoms with E-state index in [4.69, 9.17) is 0 Å². The van der Waals surface area contributed by atoms with Gasteiger partial charge in [0.05, 0.1) is 34.2 Å². The Labute approximate surface area is 245 Å². The largest absolute Gasteiger partial charge is 0.352 e. The van der Waals surface area contributed by atoms with Crippen molar-refractivity contribution in [2.45, 2.75) is 26.2 Å². The van der Waals surface area contributed by atoms with Gasteiger partial charge in [-0.3, -0.25) is 24.7 Å². The molecule has 1 fully saturated rings. The molecular formula is C31H28N8O2S. The molecule has 1 aliphatic rings. The summed E-state index contributed by atoms with van der Waals surface area (Å²) >= 11 is 1.46. The highest BCUT2D eigenvalue weighted by Crippen LogP contribution is 2.37. The number of thiophene rings is 1. The molecule has 0 radical (unpaired) electrons. The first-order chi connectivity index (χ1) is 20.5. The number of carbonyl (C=O) groups is 2. The van der Waals surface area contributed by atoms with Crippen LogP contribution in [0.15, 0.2) is 61.3 Å². The molecular weight excluding hydrogens is 548 g/mol. The fourth-order valence-corrected chi connectivity index (χ4v) is 6.47. The van der Waals surface area contributed by atoms with E-state index in [-0.39, 0.29) is 11.7 Å². The van der Waals surface area contributed by atoms with E-state index in [1.54, 1.807) is 31.7 Å². The number of hydrogen-bond donors (Lipinski definition) is 4. The molecule has 6 aromatic heterocycles. The Morgan fingerprint density at radius 2 is 1.81 bits per heavy atom. The molecule has 0 unspecified atom stereocenters. The van der Waals surface area contributed by atoms with Gasteiger partial charge in [0.15, 0.2) is 11.4 Å². The van der Waals surface area contributed by atoms with Gasteiger partial charge >= 0.3 is 0 Å². The summed E-state index contributed by atoms with van der Waals surface area (Å²) in [6, 6.07) is 9.83. The molecule has 6 aromatic rings. The molecule has 11 heteroatoms. The van der Waals surface area contributed by atoms with E-state index < -0.39 is 0 Å². The summed E-state index contributed by atoms with van der Waals surface area (Å²) in [5.74, 6) is 0.473. The lowest BCUT2D eigenvalue weighted by atomic mass is 9.94. The van der Waals surface area contributed by atoms with Crippen LogP contribution in [0.2, 0.25) is 0 Å². The second-order valence-electron chi connectivity index (χ2n) is 10.7. The van der Waals surface area contributed by atoms with Crippen LogP contribution < -0.4 is 10.6 Å². The number of aromatic amines is 2. The number of anilines is 1. The molecule has 4 N–H and O–H groups in total. The minimum absolute atomic E-state index is 0.0132. The van der Waals surface area contributed by atoms with Crippen molar-refractivity contribution in [2.75, 3.05) is 18.4 Å². The molecule has 7 heterocycles. The van der Waals surface area contributed by atoms with Crippen molar-refractivity contribution in [2.24, 2.45) is 5.92 Å². The van der Waals surface area contributed by atoms with Gasteiger partial charge in [0.1, 0.15) is 5.69 Å². The molecule has 1 aliphatic heterocycles. The van der Waals surface area contributed by atoms with Crippen LogP contribution >= 0.6 is 11.3 Å². The van der Waals surface area contributed by atoms with Gasteiger partial charge in [-0.2, -0.15) is 5.10 Å². The number of ketones is 1. The number of piperidine rings is 1. The van der Waals surface area contributed by atoms with Crippen molar-refractivity contribution in [3.05, 3.63) is 66.2 Å². The normalized spacial score (nSPS) is 14.0. The summed E-state index contributed by atoms with van der Waals surface area (Å²) < 4.78 is 0. The fraction of sp³-hybridized carbons (Fsp3) is 0.226. The first kappa shape index (κ1) is 26.2. The van der Waals surface area contributed by atoms with Crippen LogP contribution in [0.1, 0.15) is 35.9 Å². The van der Waals surface area contributed by atoms with Crippen molar-refractivity contribution in [1.29, 1.82) is 0 Å². The van der Waals surface area contributed by atoms with Gasteiger partial charge in [-0.15, -0.1) is 11.3 Å². The van der Waals surface area contributed by atoms with Crippen molar-refractivity contribution < 1.29 is 9.59 Å². The third-order valence-electron chi connectivity index (χ3n) is 7.72. The third-order valence-corrected chi connectivity index (χ3v) is 8.94. The molecule has 210 valence electrons. The van der Waals surface area contributed by atoms with E-state index >= 15 is 0 Å². The lowest BCUT2D eigenvalue weighted by molar-refractivity contribution is -0.117. The molecule has 0 aliphatic carbocycles. The number of Topliss-reactive ketones (excluding diaryl/α,β-unsaturated/α-hetero) is 1. The van der Waals surface area contributed by atoms with Crippen molar-refractivity contribution in [1.82, 2.24) is 35.5 Å². The number of pyridine rings is 3. The number of aromatic nitrogens is 6. The van der Waals surface area contributed by atoms with Gasteiger partial charge < -0.3 is 15.6 Å². The maximum absolute atomic E-state index is 12.7. The number of nitrogens with zero attached hydrogens (tertiary/aromatic N) is 4. The zero-order valence-corrected chi connectivity index (χ0v) is 23.7. The van der Waals surface area contributed by atoms with E-state index in [2.05, 4.69) is 46.8 Å². The summed E-state index contributed by atoms with van der Waals surface area (Å²) in [6.07, 6.45) is 11.4. The minimum Gasteiger partial charge on any atom is -0.352 e. The highest BCUT2D eigenvalue weighted by atomic mass is 32.1. The van der Waals surface area contributed by atoms with Gasteiger partial charge in [0.25, 0.3) is 0 Å². The first-order valence-electron chi connectivity index (χ1n) is 13.9. The second-order valence-corrected chi connectivity index (χ2v) is 11.7. The lowest BCUT2D eigenvalue weighted by Gasteiger charge is -2.21. The minimum atomic E-state index is 0.0132. The number of amides is 1. The Morgan fingerprint density at radius 3 is 2.64 bits per heavy atom. The lowest BCUT2D eigenvalue weighted by Crippen LogP contribution is -2.30. The summed E-state index contributed by atoms with van der Waals surface area (Å²) in [5, 5.41) is 15.8. The SMILES string of the molecule is CC(=O)c1ccc(-c2cncc3[nH]c(-c4n[nH]c5ncc(-c6cncc(NC(=O)CC7CCNCC7)c6)cc45)cc23)s1. The van der Waals surface area contributed by atoms with Crippen LogP contribution in [0.3, 0.4) is 0 Å². The van der Waals surface area contributed by atoms with Crippen LogP contribution in [0.4, 0.5) is 5.69 Å². The number of hydrogen-bond acceptors (Lipinski definition) is 8. The average molecular weight is 577 g/mol. The third kappa shape index (κ3) is 5.08. The fourth-order valence-electron chi connectivity index (χ4n) is 5.54. The molecule has 0 saturated carbocycles. The number of carbonyl (C=O) groups excluding carboxylic acids is 2. The molecule has 1 amide bonds. The van der Waals surface area contributed by atoms with Crippen LogP contribution in [0.25, 0.3) is 54.9 Å². The summed E-state index contributed by atoms with van der Waals surface area (Å²) in [6.45, 7) is 3.51. The Morgan fingerprint density at radius 1 is 0.976 bits per heavy atom. The Bertz CT molecular complexity index is 1950. The standard InChI is InChI=1S/C31H28N8O2S/c1-17(40)27-2-3-28(42-27)24-15-34-16-26-22(24)11-25(37-26)30-23-10-20(13-35-31(23)39-38-30)19-9-21(14-33-12-19)36-29(41)8-18-4-6-32-7-5-18/h2-3,9-16,18,32,37H,4-8H2,1H3,(H,36,41)(H,35,38,39). The molecule has 0 bridgehead atoms. The first-order valence-corrected chi connectivity index (χ1v) is 14.7. The van der Waals surface area contributed by atoms with Gasteiger partial charge in [-0.25, -0.2) is 4.98 Å². The monoisotopic (exact) mass is 576 g/mol. The van der Waals surface area contributed by atoms with E-state index in [0.29, 0.717) is 23.7 Å². The Kier molecular flexibility index (Phi) is 6.80. The van der Waals surface area contributed by atoms with Crippen molar-refractivity contribution in [3.8, 4) is 33.0 Å². The number of fused-ring (bicyclic) bond motifs is 2. The summed E-state index contributed by atoms with van der Waals surface area (Å²) in [4.78, 5) is 43.1. The van der Waals surface area contributed by atoms with Gasteiger partial charge in [0, 0.05) is 57.4 Å². The topological polar surface area (TPSA) is 141 Å². The average Bonchev–Trinajstić information content (AvgIpc) is 3.75. The van der Waals surface area contributed by atoms with E-state index in [1.807, 2.05) is 30.5 Å². The van der Waals surface area contributed by atoms with Crippen LogP contribution in [0, 0.1) is 5.92 Å². The van der Waals surface area contributed by atoms with Crippen molar-refractivity contribution >= 4 is 50.7 Å². The quantitative estimate of drug-likeness (QED) is 0.175. The Balaban J connectivity index is 1.19. The predicted octanol–water partition coefficient (Wildman–Crippen LogP) is 5.82. The number of H-pyrrole nitrogens is 2. The molecule has 10 nitrogen and oxygen atoms in total. The molecule has 0 aromatic carbocycles. The summed E-state index contributed by atoms with van der Waals surface area (Å²) in [7, 11) is 0.